The molecule has 0 N–H and O–H groups in total. The molecule has 0 saturated carbocycles. The van der Waals surface area contributed by atoms with Crippen LogP contribution < -0.4 is 4.74 Å². The van der Waals surface area contributed by atoms with E-state index in [-0.39, 0.29) is 6.10 Å². The highest BCUT2D eigenvalue weighted by atomic mass is 35.5. The molecule has 0 heterocycles. The standard InChI is InChI=1S/C14H17ClO/c1-4-12(3)16-14-8-7-13(6-5-9-15)11(2)10-14/h7-8,10,12H,4,9H2,1-3H3. The first kappa shape index (κ1) is 12.9. The summed E-state index contributed by atoms with van der Waals surface area (Å²) in [6.07, 6.45) is 1.26. The van der Waals surface area contributed by atoms with Crippen molar-refractivity contribution in [2.24, 2.45) is 0 Å². The van der Waals surface area contributed by atoms with Crippen molar-refractivity contribution in [2.75, 3.05) is 5.88 Å². The Balaban J connectivity index is 2.82. The lowest BCUT2D eigenvalue weighted by Crippen LogP contribution is -2.09. The number of rotatable bonds is 3. The Kier molecular flexibility index (Phi) is 5.22. The molecule has 0 aliphatic heterocycles. The Hall–Kier alpha value is -1.13. The molecule has 0 bridgehead atoms. The monoisotopic (exact) mass is 236 g/mol. The number of ether oxygens (including phenoxy) is 1. The highest BCUT2D eigenvalue weighted by Gasteiger charge is 2.02. The van der Waals surface area contributed by atoms with Gasteiger partial charge in [0.15, 0.2) is 0 Å². The molecule has 0 aliphatic carbocycles. The molecule has 1 atom stereocenters. The van der Waals surface area contributed by atoms with Gasteiger partial charge in [0.1, 0.15) is 5.75 Å². The molecule has 0 radical (unpaired) electrons. The van der Waals surface area contributed by atoms with Crippen LogP contribution in [0, 0.1) is 18.8 Å². The molecular formula is C14H17ClO. The number of halogens is 1. The Bertz CT molecular complexity index is 401. The predicted molar refractivity (Wildman–Crippen MR) is 69.2 cm³/mol. The summed E-state index contributed by atoms with van der Waals surface area (Å²) in [7, 11) is 0. The molecule has 16 heavy (non-hydrogen) atoms. The van der Waals surface area contributed by atoms with Gasteiger partial charge in [-0.05, 0) is 44.0 Å². The van der Waals surface area contributed by atoms with Crippen molar-refractivity contribution in [3.63, 3.8) is 0 Å². The first-order valence-corrected chi connectivity index (χ1v) is 6.03. The molecular weight excluding hydrogens is 220 g/mol. The molecule has 1 aromatic rings. The van der Waals surface area contributed by atoms with E-state index in [1.807, 2.05) is 25.1 Å². The third-order valence-electron chi connectivity index (χ3n) is 2.40. The lowest BCUT2D eigenvalue weighted by molar-refractivity contribution is 0.217. The Morgan fingerprint density at radius 3 is 2.75 bits per heavy atom. The lowest BCUT2D eigenvalue weighted by Gasteiger charge is -2.13. The minimum atomic E-state index is 0.249. The molecule has 0 saturated heterocycles. The second kappa shape index (κ2) is 6.45. The summed E-state index contributed by atoms with van der Waals surface area (Å²) in [5.41, 5.74) is 2.13. The number of hydrogen-bond donors (Lipinski definition) is 0. The summed E-state index contributed by atoms with van der Waals surface area (Å²) in [6, 6.07) is 5.95. The van der Waals surface area contributed by atoms with Crippen LogP contribution in [0.1, 0.15) is 31.4 Å². The van der Waals surface area contributed by atoms with Crippen molar-refractivity contribution < 1.29 is 4.74 Å². The molecule has 0 aliphatic rings. The summed E-state index contributed by atoms with van der Waals surface area (Å²) >= 11 is 5.52. The van der Waals surface area contributed by atoms with Gasteiger partial charge in [-0.15, -0.1) is 11.6 Å². The van der Waals surface area contributed by atoms with Gasteiger partial charge < -0.3 is 4.74 Å². The van der Waals surface area contributed by atoms with Crippen molar-refractivity contribution in [1.29, 1.82) is 0 Å². The van der Waals surface area contributed by atoms with Gasteiger partial charge in [-0.1, -0.05) is 18.8 Å². The van der Waals surface area contributed by atoms with Gasteiger partial charge in [-0.25, -0.2) is 0 Å². The van der Waals surface area contributed by atoms with Gasteiger partial charge in [-0.2, -0.15) is 0 Å². The average molecular weight is 237 g/mol. The third-order valence-corrected chi connectivity index (χ3v) is 2.53. The van der Waals surface area contributed by atoms with Crippen LogP contribution in [-0.4, -0.2) is 12.0 Å². The van der Waals surface area contributed by atoms with Crippen LogP contribution >= 0.6 is 11.6 Å². The van der Waals surface area contributed by atoms with E-state index < -0.39 is 0 Å². The van der Waals surface area contributed by atoms with Gasteiger partial charge in [0.2, 0.25) is 0 Å². The fourth-order valence-electron chi connectivity index (χ4n) is 1.29. The largest absolute Gasteiger partial charge is 0.491 e. The van der Waals surface area contributed by atoms with Crippen LogP contribution in [0.5, 0.6) is 5.75 Å². The third kappa shape index (κ3) is 3.79. The quantitative estimate of drug-likeness (QED) is 0.574. The van der Waals surface area contributed by atoms with Crippen LogP contribution in [0.25, 0.3) is 0 Å². The van der Waals surface area contributed by atoms with Gasteiger partial charge in [0.25, 0.3) is 0 Å². The molecule has 1 nitrogen and oxygen atoms in total. The highest BCUT2D eigenvalue weighted by Crippen LogP contribution is 2.18. The molecule has 0 aromatic heterocycles. The van der Waals surface area contributed by atoms with E-state index >= 15 is 0 Å². The maximum atomic E-state index is 5.73. The molecule has 1 unspecified atom stereocenters. The van der Waals surface area contributed by atoms with Gasteiger partial charge in [-0.3, -0.25) is 0 Å². The molecule has 86 valence electrons. The van der Waals surface area contributed by atoms with E-state index in [1.54, 1.807) is 0 Å². The first-order chi connectivity index (χ1) is 7.67. The number of hydrogen-bond acceptors (Lipinski definition) is 1. The summed E-state index contributed by atoms with van der Waals surface area (Å²) in [6.45, 7) is 6.20. The normalized spacial score (nSPS) is 11.5. The van der Waals surface area contributed by atoms with E-state index in [0.717, 1.165) is 23.3 Å². The molecule has 1 aromatic carbocycles. The smallest absolute Gasteiger partial charge is 0.120 e. The lowest BCUT2D eigenvalue weighted by atomic mass is 10.1. The SMILES string of the molecule is CCC(C)Oc1ccc(C#CCCl)c(C)c1. The van der Waals surface area contributed by atoms with Gasteiger partial charge >= 0.3 is 0 Å². The molecule has 1 rings (SSSR count). The van der Waals surface area contributed by atoms with Gasteiger partial charge in [0.05, 0.1) is 12.0 Å². The van der Waals surface area contributed by atoms with E-state index in [9.17, 15) is 0 Å². The van der Waals surface area contributed by atoms with E-state index in [1.165, 1.54) is 0 Å². The number of benzene rings is 1. The van der Waals surface area contributed by atoms with Crippen molar-refractivity contribution in [2.45, 2.75) is 33.3 Å². The minimum absolute atomic E-state index is 0.249. The molecule has 2 heteroatoms. The number of alkyl halides is 1. The summed E-state index contributed by atoms with van der Waals surface area (Å²) < 4.78 is 5.73. The van der Waals surface area contributed by atoms with Crippen LogP contribution in [0.15, 0.2) is 18.2 Å². The van der Waals surface area contributed by atoms with Gasteiger partial charge in [0, 0.05) is 5.56 Å². The first-order valence-electron chi connectivity index (χ1n) is 5.49. The minimum Gasteiger partial charge on any atom is -0.491 e. The summed E-state index contributed by atoms with van der Waals surface area (Å²) in [5, 5.41) is 0. The topological polar surface area (TPSA) is 9.23 Å². The second-order valence-corrected chi connectivity index (χ2v) is 4.02. The number of aryl methyl sites for hydroxylation is 1. The Labute approximate surface area is 103 Å². The second-order valence-electron chi connectivity index (χ2n) is 3.75. The van der Waals surface area contributed by atoms with Crippen LogP contribution in [0.3, 0.4) is 0 Å². The fourth-order valence-corrected chi connectivity index (χ4v) is 1.36. The average Bonchev–Trinajstić information content (AvgIpc) is 2.28. The van der Waals surface area contributed by atoms with Crippen LogP contribution in [-0.2, 0) is 0 Å². The van der Waals surface area contributed by atoms with E-state index in [2.05, 4.69) is 25.7 Å². The van der Waals surface area contributed by atoms with Crippen molar-refractivity contribution in [3.05, 3.63) is 29.3 Å². The fraction of sp³-hybridized carbons (Fsp3) is 0.429. The van der Waals surface area contributed by atoms with Crippen LogP contribution in [0.4, 0.5) is 0 Å². The highest BCUT2D eigenvalue weighted by molar-refractivity contribution is 6.19. The van der Waals surface area contributed by atoms with E-state index in [4.69, 9.17) is 16.3 Å². The summed E-state index contributed by atoms with van der Waals surface area (Å²) in [4.78, 5) is 0. The maximum absolute atomic E-state index is 5.73. The zero-order chi connectivity index (χ0) is 12.0. The zero-order valence-electron chi connectivity index (χ0n) is 10.0. The molecule has 0 amide bonds. The van der Waals surface area contributed by atoms with Crippen molar-refractivity contribution in [3.8, 4) is 17.6 Å². The van der Waals surface area contributed by atoms with Crippen molar-refractivity contribution >= 4 is 11.6 Å². The van der Waals surface area contributed by atoms with Crippen LogP contribution in [0.2, 0.25) is 0 Å². The molecule has 0 fully saturated rings. The Morgan fingerprint density at radius 1 is 1.44 bits per heavy atom. The maximum Gasteiger partial charge on any atom is 0.120 e. The predicted octanol–water partition coefficient (Wildman–Crippen LogP) is 3.76. The Morgan fingerprint density at radius 2 is 2.19 bits per heavy atom. The zero-order valence-corrected chi connectivity index (χ0v) is 10.8. The molecule has 0 spiro atoms. The summed E-state index contributed by atoms with van der Waals surface area (Å²) in [5.74, 6) is 7.14. The van der Waals surface area contributed by atoms with E-state index in [0.29, 0.717) is 5.88 Å². The van der Waals surface area contributed by atoms with Crippen molar-refractivity contribution in [1.82, 2.24) is 0 Å².